The molecule has 0 bridgehead atoms. The zero-order valence-electron chi connectivity index (χ0n) is 14.2. The Labute approximate surface area is 138 Å². The number of hydrogen-bond acceptors (Lipinski definition) is 3. The summed E-state index contributed by atoms with van der Waals surface area (Å²) in [5.41, 5.74) is -0.504. The van der Waals surface area contributed by atoms with Crippen LogP contribution in [-0.2, 0) is 9.59 Å². The Kier molecular flexibility index (Phi) is 5.64. The molecule has 2 amide bonds. The van der Waals surface area contributed by atoms with Gasteiger partial charge in [-0.3, -0.25) is 9.59 Å². The number of carbonyl (C=O) groups excluding carboxylic acids is 2. The predicted molar refractivity (Wildman–Crippen MR) is 90.5 cm³/mol. The van der Waals surface area contributed by atoms with Gasteiger partial charge in [0, 0.05) is 13.1 Å². The Morgan fingerprint density at radius 1 is 1.17 bits per heavy atom. The van der Waals surface area contributed by atoms with Crippen molar-refractivity contribution in [3.05, 3.63) is 24.3 Å². The second kappa shape index (κ2) is 7.49. The minimum Gasteiger partial charge on any atom is -0.492 e. The number of hydrogen-bond donors (Lipinski definition) is 1. The number of benzene rings is 1. The van der Waals surface area contributed by atoms with Crippen LogP contribution in [0.2, 0.25) is 0 Å². The third-order valence-electron chi connectivity index (χ3n) is 4.18. The molecule has 0 aromatic heterocycles. The average Bonchev–Trinajstić information content (AvgIpc) is 2.57. The van der Waals surface area contributed by atoms with E-state index in [1.54, 1.807) is 30.9 Å². The van der Waals surface area contributed by atoms with Crippen LogP contribution in [0.5, 0.6) is 5.75 Å². The van der Waals surface area contributed by atoms with Gasteiger partial charge >= 0.3 is 0 Å². The van der Waals surface area contributed by atoms with E-state index in [4.69, 9.17) is 4.74 Å². The van der Waals surface area contributed by atoms with Crippen LogP contribution < -0.4 is 10.1 Å². The fourth-order valence-corrected chi connectivity index (χ4v) is 2.72. The summed E-state index contributed by atoms with van der Waals surface area (Å²) in [5.74, 6) is 0.202. The van der Waals surface area contributed by atoms with Crippen LogP contribution in [0.15, 0.2) is 24.3 Å². The molecule has 1 fully saturated rings. The average molecular weight is 318 g/mol. The van der Waals surface area contributed by atoms with Crippen molar-refractivity contribution >= 4 is 17.5 Å². The number of rotatable bonds is 5. The number of anilines is 1. The first-order valence-corrected chi connectivity index (χ1v) is 8.29. The summed E-state index contributed by atoms with van der Waals surface area (Å²) in [6.45, 7) is 7.26. The van der Waals surface area contributed by atoms with Gasteiger partial charge in [0.05, 0.1) is 12.3 Å². The van der Waals surface area contributed by atoms with Gasteiger partial charge < -0.3 is 15.0 Å². The van der Waals surface area contributed by atoms with E-state index >= 15 is 0 Å². The summed E-state index contributed by atoms with van der Waals surface area (Å²) in [6.07, 6.45) is 3.17. The van der Waals surface area contributed by atoms with E-state index in [9.17, 15) is 9.59 Å². The largest absolute Gasteiger partial charge is 0.492 e. The van der Waals surface area contributed by atoms with E-state index in [2.05, 4.69) is 5.32 Å². The Morgan fingerprint density at radius 3 is 2.48 bits per heavy atom. The maximum atomic E-state index is 12.7. The lowest BCUT2D eigenvalue weighted by atomic mass is 9.89. The van der Waals surface area contributed by atoms with Crippen LogP contribution >= 0.6 is 0 Å². The van der Waals surface area contributed by atoms with Crippen LogP contribution in [0.25, 0.3) is 0 Å². The van der Waals surface area contributed by atoms with Gasteiger partial charge in [0.1, 0.15) is 11.2 Å². The lowest BCUT2D eigenvalue weighted by molar-refractivity contribution is -0.147. The highest BCUT2D eigenvalue weighted by molar-refractivity contribution is 6.10. The van der Waals surface area contributed by atoms with Gasteiger partial charge in [0.2, 0.25) is 11.8 Å². The van der Waals surface area contributed by atoms with E-state index in [1.165, 1.54) is 0 Å². The zero-order valence-corrected chi connectivity index (χ0v) is 14.2. The molecule has 1 aliphatic rings. The topological polar surface area (TPSA) is 58.6 Å². The molecule has 0 radical (unpaired) electrons. The number of ether oxygens (including phenoxy) is 1. The van der Waals surface area contributed by atoms with Crippen molar-refractivity contribution in [1.29, 1.82) is 0 Å². The molecule has 2 rings (SSSR count). The Balaban J connectivity index is 2.10. The number of carbonyl (C=O) groups is 2. The Bertz CT molecular complexity index is 563. The normalized spacial score (nSPS) is 15.2. The predicted octanol–water partition coefficient (Wildman–Crippen LogP) is 3.06. The van der Waals surface area contributed by atoms with Crippen molar-refractivity contribution in [2.75, 3.05) is 25.0 Å². The van der Waals surface area contributed by atoms with Gasteiger partial charge in [0.15, 0.2) is 0 Å². The third kappa shape index (κ3) is 4.03. The molecule has 5 heteroatoms. The number of nitrogens with zero attached hydrogens (tertiary/aromatic N) is 1. The van der Waals surface area contributed by atoms with E-state index < -0.39 is 5.41 Å². The van der Waals surface area contributed by atoms with Crippen molar-refractivity contribution in [2.45, 2.75) is 40.0 Å². The molecular formula is C18H26N2O3. The first-order chi connectivity index (χ1) is 11.0. The SMILES string of the molecule is CCOc1ccccc1NC(=O)C(C)(C)C(=O)N1CCCCC1. The number of piperidine rings is 1. The van der Waals surface area contributed by atoms with Gasteiger partial charge in [-0.05, 0) is 52.2 Å². The highest BCUT2D eigenvalue weighted by Crippen LogP contribution is 2.28. The van der Waals surface area contributed by atoms with Crippen LogP contribution in [0.1, 0.15) is 40.0 Å². The zero-order chi connectivity index (χ0) is 16.9. The standard InChI is InChI=1S/C18H26N2O3/c1-4-23-15-11-7-6-10-14(15)19-16(21)18(2,3)17(22)20-12-8-5-9-13-20/h6-7,10-11H,4-5,8-9,12-13H2,1-3H3,(H,19,21). The first kappa shape index (κ1) is 17.3. The summed E-state index contributed by atoms with van der Waals surface area (Å²) in [4.78, 5) is 27.2. The van der Waals surface area contributed by atoms with Gasteiger partial charge in [0.25, 0.3) is 0 Å². The monoisotopic (exact) mass is 318 g/mol. The molecule has 1 aromatic carbocycles. The molecule has 1 heterocycles. The number of amides is 2. The second-order valence-electron chi connectivity index (χ2n) is 6.36. The molecule has 5 nitrogen and oxygen atoms in total. The highest BCUT2D eigenvalue weighted by Gasteiger charge is 2.39. The highest BCUT2D eigenvalue weighted by atomic mass is 16.5. The quantitative estimate of drug-likeness (QED) is 0.849. The summed E-state index contributed by atoms with van der Waals surface area (Å²) in [7, 11) is 0. The molecule has 0 atom stereocenters. The molecule has 1 N–H and O–H groups in total. The van der Waals surface area contributed by atoms with E-state index in [-0.39, 0.29) is 11.8 Å². The third-order valence-corrected chi connectivity index (χ3v) is 4.18. The Morgan fingerprint density at radius 2 is 1.83 bits per heavy atom. The summed E-state index contributed by atoms with van der Waals surface area (Å²) in [6, 6.07) is 7.27. The number of para-hydroxylation sites is 2. The molecule has 23 heavy (non-hydrogen) atoms. The van der Waals surface area contributed by atoms with Gasteiger partial charge in [-0.25, -0.2) is 0 Å². The van der Waals surface area contributed by atoms with E-state index in [0.717, 1.165) is 32.4 Å². The van der Waals surface area contributed by atoms with Gasteiger partial charge in [-0.15, -0.1) is 0 Å². The van der Waals surface area contributed by atoms with E-state index in [1.807, 2.05) is 19.1 Å². The Hall–Kier alpha value is -2.04. The van der Waals surface area contributed by atoms with Crippen molar-refractivity contribution in [3.63, 3.8) is 0 Å². The summed E-state index contributed by atoms with van der Waals surface area (Å²) >= 11 is 0. The van der Waals surface area contributed by atoms with Crippen molar-refractivity contribution in [2.24, 2.45) is 5.41 Å². The maximum Gasteiger partial charge on any atom is 0.239 e. The van der Waals surface area contributed by atoms with Crippen LogP contribution in [-0.4, -0.2) is 36.4 Å². The van der Waals surface area contributed by atoms with E-state index in [0.29, 0.717) is 18.0 Å². The first-order valence-electron chi connectivity index (χ1n) is 8.29. The smallest absolute Gasteiger partial charge is 0.239 e. The summed E-state index contributed by atoms with van der Waals surface area (Å²) in [5, 5.41) is 2.84. The molecule has 1 aliphatic heterocycles. The lowest BCUT2D eigenvalue weighted by Gasteiger charge is -2.33. The molecule has 0 saturated carbocycles. The van der Waals surface area contributed by atoms with Crippen molar-refractivity contribution < 1.29 is 14.3 Å². The molecule has 1 saturated heterocycles. The molecular weight excluding hydrogens is 292 g/mol. The van der Waals surface area contributed by atoms with Crippen molar-refractivity contribution in [3.8, 4) is 5.75 Å². The molecule has 0 spiro atoms. The fourth-order valence-electron chi connectivity index (χ4n) is 2.72. The number of likely N-dealkylation sites (tertiary alicyclic amines) is 1. The molecule has 1 aromatic rings. The summed E-state index contributed by atoms with van der Waals surface area (Å²) < 4.78 is 5.52. The number of nitrogens with one attached hydrogen (secondary N) is 1. The molecule has 0 aliphatic carbocycles. The van der Waals surface area contributed by atoms with Gasteiger partial charge in [-0.1, -0.05) is 12.1 Å². The maximum absolute atomic E-state index is 12.7. The van der Waals surface area contributed by atoms with Gasteiger partial charge in [-0.2, -0.15) is 0 Å². The molecule has 0 unspecified atom stereocenters. The lowest BCUT2D eigenvalue weighted by Crippen LogP contribution is -2.49. The fraction of sp³-hybridized carbons (Fsp3) is 0.556. The minimum atomic E-state index is -1.10. The van der Waals surface area contributed by atoms with Crippen LogP contribution in [0.3, 0.4) is 0 Å². The minimum absolute atomic E-state index is 0.108. The van der Waals surface area contributed by atoms with Crippen molar-refractivity contribution in [1.82, 2.24) is 4.90 Å². The van der Waals surface area contributed by atoms with Crippen LogP contribution in [0.4, 0.5) is 5.69 Å². The van der Waals surface area contributed by atoms with Crippen LogP contribution in [0, 0.1) is 5.41 Å². The molecule has 126 valence electrons. The second-order valence-corrected chi connectivity index (χ2v) is 6.36.